The second-order valence-electron chi connectivity index (χ2n) is 5.85. The van der Waals surface area contributed by atoms with Crippen LogP contribution in [-0.4, -0.2) is 21.3 Å². The van der Waals surface area contributed by atoms with Gasteiger partial charge < -0.3 is 5.32 Å². The first-order valence-electron chi connectivity index (χ1n) is 7.31. The molecule has 0 spiro atoms. The van der Waals surface area contributed by atoms with E-state index >= 15 is 0 Å². The van der Waals surface area contributed by atoms with Gasteiger partial charge in [0, 0.05) is 18.0 Å². The number of nitrogens with zero attached hydrogens (tertiary/aromatic N) is 3. The minimum absolute atomic E-state index is 0.349. The third-order valence-electron chi connectivity index (χ3n) is 3.99. The van der Waals surface area contributed by atoms with Crippen molar-refractivity contribution in [1.29, 1.82) is 0 Å². The van der Waals surface area contributed by atoms with Crippen molar-refractivity contribution >= 4 is 16.7 Å². The van der Waals surface area contributed by atoms with Gasteiger partial charge in [0.25, 0.3) is 0 Å². The van der Waals surface area contributed by atoms with Gasteiger partial charge in [0.1, 0.15) is 0 Å². The zero-order chi connectivity index (χ0) is 13.2. The zero-order valence-corrected chi connectivity index (χ0v) is 11.8. The molecule has 0 radical (unpaired) electrons. The molecule has 0 bridgehead atoms. The molecule has 2 aromatic heterocycles. The average Bonchev–Trinajstić information content (AvgIpc) is 3.05. The van der Waals surface area contributed by atoms with Gasteiger partial charge >= 0.3 is 0 Å². The second-order valence-corrected chi connectivity index (χ2v) is 5.85. The van der Waals surface area contributed by atoms with Crippen molar-refractivity contribution in [3.8, 4) is 0 Å². The van der Waals surface area contributed by atoms with E-state index in [0.29, 0.717) is 6.04 Å². The van der Waals surface area contributed by atoms with Crippen molar-refractivity contribution in [3.63, 3.8) is 0 Å². The summed E-state index contributed by atoms with van der Waals surface area (Å²) in [6.45, 7) is 5.33. The Morgan fingerprint density at radius 3 is 2.84 bits per heavy atom. The number of hydrogen-bond donors (Lipinski definition) is 1. The number of pyridine rings is 1. The summed E-state index contributed by atoms with van der Waals surface area (Å²) in [5.41, 5.74) is 2.09. The van der Waals surface area contributed by atoms with Crippen LogP contribution in [0.1, 0.15) is 45.6 Å². The lowest BCUT2D eigenvalue weighted by Crippen LogP contribution is -2.11. The Bertz CT molecular complexity index is 552. The van der Waals surface area contributed by atoms with Crippen LogP contribution in [0.2, 0.25) is 0 Å². The van der Waals surface area contributed by atoms with Gasteiger partial charge in [-0.15, -0.1) is 0 Å². The van der Waals surface area contributed by atoms with Crippen LogP contribution in [0, 0.1) is 5.92 Å². The largest absolute Gasteiger partial charge is 0.384 e. The molecule has 0 aliphatic heterocycles. The molecule has 1 fully saturated rings. The summed E-state index contributed by atoms with van der Waals surface area (Å²) in [5, 5.41) is 9.03. The van der Waals surface area contributed by atoms with Crippen LogP contribution < -0.4 is 5.32 Å². The minimum atomic E-state index is 0.349. The quantitative estimate of drug-likeness (QED) is 0.911. The predicted octanol–water partition coefficient (Wildman–Crippen LogP) is 3.61. The average molecular weight is 258 g/mol. The van der Waals surface area contributed by atoms with Crippen LogP contribution in [0.25, 0.3) is 11.0 Å². The number of hydrogen-bond acceptors (Lipinski definition) is 3. The van der Waals surface area contributed by atoms with E-state index in [0.717, 1.165) is 29.2 Å². The molecule has 0 amide bonds. The Kier molecular flexibility index (Phi) is 3.40. The molecule has 102 valence electrons. The number of fused-ring (bicyclic) bond motifs is 1. The molecule has 0 saturated heterocycles. The predicted molar refractivity (Wildman–Crippen MR) is 78.4 cm³/mol. The molecular formula is C15H22N4. The number of anilines is 1. The molecule has 0 atom stereocenters. The monoisotopic (exact) mass is 258 g/mol. The van der Waals surface area contributed by atoms with Crippen LogP contribution in [0.3, 0.4) is 0 Å². The first-order valence-corrected chi connectivity index (χ1v) is 7.31. The van der Waals surface area contributed by atoms with E-state index in [2.05, 4.69) is 35.3 Å². The summed E-state index contributed by atoms with van der Waals surface area (Å²) >= 11 is 0. The van der Waals surface area contributed by atoms with E-state index in [1.165, 1.54) is 25.7 Å². The maximum absolute atomic E-state index is 4.55. The highest BCUT2D eigenvalue weighted by atomic mass is 15.3. The molecule has 4 heteroatoms. The van der Waals surface area contributed by atoms with Gasteiger partial charge in [-0.2, -0.15) is 5.10 Å². The first kappa shape index (κ1) is 12.5. The Morgan fingerprint density at radius 2 is 2.11 bits per heavy atom. The van der Waals surface area contributed by atoms with Gasteiger partial charge in [0.2, 0.25) is 0 Å². The number of rotatable bonds is 4. The third-order valence-corrected chi connectivity index (χ3v) is 3.99. The van der Waals surface area contributed by atoms with E-state index in [-0.39, 0.29) is 0 Å². The fourth-order valence-electron chi connectivity index (χ4n) is 2.89. The van der Waals surface area contributed by atoms with Gasteiger partial charge in [-0.25, -0.2) is 9.67 Å². The van der Waals surface area contributed by atoms with E-state index in [1.54, 1.807) is 0 Å². The van der Waals surface area contributed by atoms with Crippen molar-refractivity contribution < 1.29 is 0 Å². The molecule has 1 saturated carbocycles. The molecular weight excluding hydrogens is 236 g/mol. The molecule has 2 heterocycles. The normalized spacial score (nSPS) is 16.6. The highest BCUT2D eigenvalue weighted by Crippen LogP contribution is 2.25. The van der Waals surface area contributed by atoms with Crippen molar-refractivity contribution in [3.05, 3.63) is 18.5 Å². The van der Waals surface area contributed by atoms with E-state index < -0.39 is 0 Å². The van der Waals surface area contributed by atoms with E-state index in [9.17, 15) is 0 Å². The maximum Gasteiger partial charge on any atom is 0.158 e. The fraction of sp³-hybridized carbons (Fsp3) is 0.600. The molecule has 1 aliphatic carbocycles. The molecule has 0 aromatic carbocycles. The van der Waals surface area contributed by atoms with Crippen LogP contribution >= 0.6 is 0 Å². The molecule has 4 nitrogen and oxygen atoms in total. The van der Waals surface area contributed by atoms with Gasteiger partial charge in [0.15, 0.2) is 5.65 Å². The van der Waals surface area contributed by atoms with Crippen LogP contribution in [0.4, 0.5) is 5.69 Å². The highest BCUT2D eigenvalue weighted by molar-refractivity contribution is 5.78. The standard InChI is InChI=1S/C15H22N4/c1-11(2)19-15-13(9-18-19)7-14(10-17-15)16-8-12-5-3-4-6-12/h7,9-12,16H,3-6,8H2,1-2H3. The molecule has 3 rings (SSSR count). The topological polar surface area (TPSA) is 42.7 Å². The van der Waals surface area contributed by atoms with Gasteiger partial charge in [-0.1, -0.05) is 12.8 Å². The summed E-state index contributed by atoms with van der Waals surface area (Å²) in [6.07, 6.45) is 9.36. The fourth-order valence-corrected chi connectivity index (χ4v) is 2.89. The van der Waals surface area contributed by atoms with Crippen molar-refractivity contribution in [2.75, 3.05) is 11.9 Å². The molecule has 19 heavy (non-hydrogen) atoms. The Hall–Kier alpha value is -1.58. The summed E-state index contributed by atoms with van der Waals surface area (Å²) in [6, 6.07) is 2.51. The SMILES string of the molecule is CC(C)n1ncc2cc(NCC3CCCC3)cnc21. The number of aromatic nitrogens is 3. The lowest BCUT2D eigenvalue weighted by Gasteiger charge is -2.12. The van der Waals surface area contributed by atoms with Gasteiger partial charge in [-0.3, -0.25) is 0 Å². The summed E-state index contributed by atoms with van der Waals surface area (Å²) in [4.78, 5) is 4.55. The molecule has 0 unspecified atom stereocenters. The molecule has 1 N–H and O–H groups in total. The minimum Gasteiger partial charge on any atom is -0.384 e. The zero-order valence-electron chi connectivity index (χ0n) is 11.8. The summed E-state index contributed by atoms with van der Waals surface area (Å²) in [5.74, 6) is 0.842. The van der Waals surface area contributed by atoms with Crippen molar-refractivity contribution in [2.24, 2.45) is 5.92 Å². The number of nitrogens with one attached hydrogen (secondary N) is 1. The Morgan fingerprint density at radius 1 is 1.32 bits per heavy atom. The smallest absolute Gasteiger partial charge is 0.158 e. The second kappa shape index (κ2) is 5.19. The summed E-state index contributed by atoms with van der Waals surface area (Å²) < 4.78 is 1.97. The van der Waals surface area contributed by atoms with E-state index in [1.807, 2.05) is 17.1 Å². The Balaban J connectivity index is 1.74. The van der Waals surface area contributed by atoms with Crippen LogP contribution in [0.5, 0.6) is 0 Å². The van der Waals surface area contributed by atoms with Gasteiger partial charge in [0.05, 0.1) is 18.1 Å². The lowest BCUT2D eigenvalue weighted by atomic mass is 10.1. The van der Waals surface area contributed by atoms with Crippen LogP contribution in [0.15, 0.2) is 18.5 Å². The Labute approximate surface area is 114 Å². The summed E-state index contributed by atoms with van der Waals surface area (Å²) in [7, 11) is 0. The first-order chi connectivity index (χ1) is 9.24. The van der Waals surface area contributed by atoms with E-state index in [4.69, 9.17) is 0 Å². The van der Waals surface area contributed by atoms with Crippen LogP contribution in [-0.2, 0) is 0 Å². The van der Waals surface area contributed by atoms with Crippen molar-refractivity contribution in [2.45, 2.75) is 45.6 Å². The third kappa shape index (κ3) is 2.57. The van der Waals surface area contributed by atoms with Gasteiger partial charge in [-0.05, 0) is 38.7 Å². The molecule has 2 aromatic rings. The molecule has 1 aliphatic rings. The highest BCUT2D eigenvalue weighted by Gasteiger charge is 2.14. The lowest BCUT2D eigenvalue weighted by molar-refractivity contribution is 0.546. The van der Waals surface area contributed by atoms with Crippen molar-refractivity contribution in [1.82, 2.24) is 14.8 Å². The maximum atomic E-state index is 4.55.